The molecule has 1 N–H and O–H groups in total. The van der Waals surface area contributed by atoms with E-state index in [-0.39, 0.29) is 5.69 Å². The maximum Gasteiger partial charge on any atom is 0.282 e. The third kappa shape index (κ3) is 3.09. The number of aromatic nitrogens is 1. The van der Waals surface area contributed by atoms with Gasteiger partial charge in [-0.15, -0.1) is 0 Å². The van der Waals surface area contributed by atoms with Crippen molar-refractivity contribution in [1.29, 1.82) is 0 Å². The molecule has 0 fully saturated rings. The highest BCUT2D eigenvalue weighted by Gasteiger charge is 2.39. The van der Waals surface area contributed by atoms with E-state index in [1.54, 1.807) is 12.1 Å². The molecule has 1 unspecified atom stereocenters. The van der Waals surface area contributed by atoms with Crippen LogP contribution in [0, 0.1) is 0 Å². The van der Waals surface area contributed by atoms with Gasteiger partial charge in [0.25, 0.3) is 5.92 Å². The summed E-state index contributed by atoms with van der Waals surface area (Å²) in [6.45, 7) is 4.90. The molecule has 82 valence electrons. The number of pyridine rings is 1. The Kier molecular flexibility index (Phi) is 3.52. The van der Waals surface area contributed by atoms with Crippen molar-refractivity contribution in [3.63, 3.8) is 0 Å². The first-order chi connectivity index (χ1) is 6.93. The van der Waals surface area contributed by atoms with E-state index in [0.29, 0.717) is 5.57 Å². The van der Waals surface area contributed by atoms with Crippen LogP contribution in [0.15, 0.2) is 36.5 Å². The van der Waals surface area contributed by atoms with Crippen molar-refractivity contribution in [3.8, 4) is 0 Å². The molecule has 0 bridgehead atoms. The average molecular weight is 213 g/mol. The molecule has 0 saturated carbocycles. The molecule has 1 atom stereocenters. The predicted molar refractivity (Wildman–Crippen MR) is 53.6 cm³/mol. The van der Waals surface area contributed by atoms with E-state index in [0.717, 1.165) is 0 Å². The lowest BCUT2D eigenvalue weighted by atomic mass is 10.0. The zero-order valence-corrected chi connectivity index (χ0v) is 8.45. The van der Waals surface area contributed by atoms with Crippen molar-refractivity contribution in [2.45, 2.75) is 25.4 Å². The maximum atomic E-state index is 13.4. The molecule has 1 aromatic rings. The molecule has 0 saturated heterocycles. The fraction of sp³-hybridized carbons (Fsp3) is 0.364. The lowest BCUT2D eigenvalue weighted by Crippen LogP contribution is -2.27. The minimum atomic E-state index is -3.22. The number of hydrogen-bond acceptors (Lipinski definition) is 2. The third-order valence-corrected chi connectivity index (χ3v) is 1.91. The van der Waals surface area contributed by atoms with Gasteiger partial charge in [0, 0.05) is 12.6 Å². The fourth-order valence-corrected chi connectivity index (χ4v) is 1.25. The third-order valence-electron chi connectivity index (χ3n) is 1.91. The van der Waals surface area contributed by atoms with Crippen LogP contribution in [-0.4, -0.2) is 16.0 Å². The van der Waals surface area contributed by atoms with Crippen molar-refractivity contribution >= 4 is 0 Å². The highest BCUT2D eigenvalue weighted by molar-refractivity contribution is 5.11. The van der Waals surface area contributed by atoms with E-state index < -0.39 is 18.4 Å². The molecular weight excluding hydrogens is 200 g/mol. The number of halogens is 2. The number of rotatable bonds is 4. The first kappa shape index (κ1) is 11.8. The first-order valence-corrected chi connectivity index (χ1v) is 4.54. The van der Waals surface area contributed by atoms with Gasteiger partial charge in [0.05, 0.1) is 5.69 Å². The van der Waals surface area contributed by atoms with Crippen LogP contribution < -0.4 is 0 Å². The molecular formula is C11H13F2NO. The minimum absolute atomic E-state index is 0.0243. The lowest BCUT2D eigenvalue weighted by molar-refractivity contribution is -0.111. The smallest absolute Gasteiger partial charge is 0.282 e. The van der Waals surface area contributed by atoms with E-state index in [1.165, 1.54) is 19.2 Å². The number of aliphatic hydroxyl groups is 1. The van der Waals surface area contributed by atoms with Gasteiger partial charge in [0.1, 0.15) is 0 Å². The van der Waals surface area contributed by atoms with Crippen LogP contribution >= 0.6 is 0 Å². The normalized spacial score (nSPS) is 13.6. The highest BCUT2D eigenvalue weighted by atomic mass is 19.3. The van der Waals surface area contributed by atoms with Gasteiger partial charge in [-0.2, -0.15) is 0 Å². The number of allylic oxidation sites excluding steroid dienone is 1. The highest BCUT2D eigenvalue weighted by Crippen LogP contribution is 2.35. The number of alkyl halides is 2. The Hall–Kier alpha value is -1.29. The van der Waals surface area contributed by atoms with Gasteiger partial charge in [0.2, 0.25) is 0 Å². The molecule has 1 rings (SSSR count). The van der Waals surface area contributed by atoms with Crippen LogP contribution in [0.2, 0.25) is 0 Å². The number of hydrogen-bond donors (Lipinski definition) is 1. The molecule has 0 radical (unpaired) electrons. The predicted octanol–water partition coefficient (Wildman–Crippen LogP) is 2.72. The average Bonchev–Trinajstić information content (AvgIpc) is 2.16. The lowest BCUT2D eigenvalue weighted by Gasteiger charge is -2.22. The standard InChI is InChI=1S/C11H13F2NO/c1-8(2)7-11(12,13)10(15)9-5-3-4-6-14-9/h3-6,10,15H,1,7H2,2H3. The summed E-state index contributed by atoms with van der Waals surface area (Å²) in [7, 11) is 0. The van der Waals surface area contributed by atoms with Gasteiger partial charge in [0.15, 0.2) is 6.10 Å². The Bertz CT molecular complexity index is 338. The zero-order chi connectivity index (χ0) is 11.5. The molecule has 0 aromatic carbocycles. The largest absolute Gasteiger partial charge is 0.380 e. The van der Waals surface area contributed by atoms with Gasteiger partial charge >= 0.3 is 0 Å². The van der Waals surface area contributed by atoms with E-state index in [1.807, 2.05) is 0 Å². The Balaban J connectivity index is 2.84. The van der Waals surface area contributed by atoms with Gasteiger partial charge in [-0.25, -0.2) is 8.78 Å². The van der Waals surface area contributed by atoms with Crippen LogP contribution in [-0.2, 0) is 0 Å². The van der Waals surface area contributed by atoms with Crippen LogP contribution in [0.5, 0.6) is 0 Å². The van der Waals surface area contributed by atoms with E-state index in [2.05, 4.69) is 11.6 Å². The van der Waals surface area contributed by atoms with Crippen LogP contribution in [0.25, 0.3) is 0 Å². The summed E-state index contributed by atoms with van der Waals surface area (Å²) >= 11 is 0. The summed E-state index contributed by atoms with van der Waals surface area (Å²) in [4.78, 5) is 3.69. The molecule has 1 aromatic heterocycles. The molecule has 0 spiro atoms. The summed E-state index contributed by atoms with van der Waals surface area (Å²) in [5.41, 5.74) is 0.304. The molecule has 1 heterocycles. The Labute approximate surface area is 87.3 Å². The summed E-state index contributed by atoms with van der Waals surface area (Å²) in [6.07, 6.45) is -1.05. The number of nitrogens with zero attached hydrogens (tertiary/aromatic N) is 1. The SMILES string of the molecule is C=C(C)CC(F)(F)C(O)c1ccccn1. The molecule has 2 nitrogen and oxygen atoms in total. The second kappa shape index (κ2) is 4.49. The molecule has 0 amide bonds. The van der Waals surface area contributed by atoms with Crippen LogP contribution in [0.3, 0.4) is 0 Å². The van der Waals surface area contributed by atoms with Gasteiger partial charge < -0.3 is 5.11 Å². The van der Waals surface area contributed by atoms with Crippen molar-refractivity contribution < 1.29 is 13.9 Å². The van der Waals surface area contributed by atoms with Crippen molar-refractivity contribution in [2.24, 2.45) is 0 Å². The summed E-state index contributed by atoms with van der Waals surface area (Å²) in [5, 5.41) is 9.44. The topological polar surface area (TPSA) is 33.1 Å². The van der Waals surface area contributed by atoms with Crippen LogP contribution in [0.1, 0.15) is 25.1 Å². The van der Waals surface area contributed by atoms with Crippen molar-refractivity contribution in [3.05, 3.63) is 42.2 Å². The molecule has 4 heteroatoms. The van der Waals surface area contributed by atoms with E-state index >= 15 is 0 Å². The Morgan fingerprint density at radius 2 is 2.27 bits per heavy atom. The van der Waals surface area contributed by atoms with Gasteiger partial charge in [-0.3, -0.25) is 4.98 Å². The monoisotopic (exact) mass is 213 g/mol. The quantitative estimate of drug-likeness (QED) is 0.780. The second-order valence-electron chi connectivity index (χ2n) is 3.55. The van der Waals surface area contributed by atoms with Gasteiger partial charge in [-0.05, 0) is 19.1 Å². The van der Waals surface area contributed by atoms with Crippen LogP contribution in [0.4, 0.5) is 8.78 Å². The second-order valence-corrected chi connectivity index (χ2v) is 3.55. The van der Waals surface area contributed by atoms with E-state index in [4.69, 9.17) is 0 Å². The summed E-state index contributed by atoms with van der Waals surface area (Å²) in [5.74, 6) is -3.22. The Morgan fingerprint density at radius 3 is 2.73 bits per heavy atom. The van der Waals surface area contributed by atoms with Gasteiger partial charge in [-0.1, -0.05) is 18.2 Å². The summed E-state index contributed by atoms with van der Waals surface area (Å²) in [6, 6.07) is 4.53. The van der Waals surface area contributed by atoms with Crippen molar-refractivity contribution in [1.82, 2.24) is 4.98 Å². The fourth-order valence-electron chi connectivity index (χ4n) is 1.25. The Morgan fingerprint density at radius 1 is 1.60 bits per heavy atom. The molecule has 0 aliphatic rings. The van der Waals surface area contributed by atoms with Crippen molar-refractivity contribution in [2.75, 3.05) is 0 Å². The summed E-state index contributed by atoms with van der Waals surface area (Å²) < 4.78 is 26.8. The zero-order valence-electron chi connectivity index (χ0n) is 8.45. The maximum absolute atomic E-state index is 13.4. The minimum Gasteiger partial charge on any atom is -0.380 e. The molecule has 0 aliphatic carbocycles. The van der Waals surface area contributed by atoms with E-state index in [9.17, 15) is 13.9 Å². The molecule has 0 aliphatic heterocycles. The molecule has 15 heavy (non-hydrogen) atoms. The number of aliphatic hydroxyl groups excluding tert-OH is 1. The first-order valence-electron chi connectivity index (χ1n) is 4.54.